The fourth-order valence-electron chi connectivity index (χ4n) is 2.11. The van der Waals surface area contributed by atoms with Crippen molar-refractivity contribution in [3.05, 3.63) is 35.9 Å². The molecule has 15 heavy (non-hydrogen) atoms. The molecule has 1 saturated heterocycles. The quantitative estimate of drug-likeness (QED) is 0.558. The van der Waals surface area contributed by atoms with Crippen LogP contribution in [-0.2, 0) is 6.42 Å². The van der Waals surface area contributed by atoms with Crippen LogP contribution in [0, 0.1) is 5.92 Å². The van der Waals surface area contributed by atoms with E-state index in [2.05, 4.69) is 24.3 Å². The molecule has 0 bridgehead atoms. The minimum atomic E-state index is -0.314. The Hall–Kier alpha value is -1.02. The van der Waals surface area contributed by atoms with Crippen molar-refractivity contribution in [1.29, 1.82) is 0 Å². The number of rotatable bonds is 2. The summed E-state index contributed by atoms with van der Waals surface area (Å²) in [7, 11) is 0. The Morgan fingerprint density at radius 1 is 1.40 bits per heavy atom. The van der Waals surface area contributed by atoms with Gasteiger partial charge < -0.3 is 4.90 Å². The molecule has 1 aromatic carbocycles. The molecule has 80 valence electrons. The second-order valence-corrected chi connectivity index (χ2v) is 4.37. The molecule has 1 unspecified atom stereocenters. The zero-order chi connectivity index (χ0) is 10.7. The summed E-state index contributed by atoms with van der Waals surface area (Å²) in [5.74, 6) is 0.565. The molecule has 1 heterocycles. The van der Waals surface area contributed by atoms with E-state index in [-0.39, 0.29) is 5.37 Å². The lowest BCUT2D eigenvalue weighted by Crippen LogP contribution is -2.23. The van der Waals surface area contributed by atoms with Crippen LogP contribution in [0.4, 0.5) is 4.79 Å². The van der Waals surface area contributed by atoms with E-state index in [0.29, 0.717) is 5.92 Å². The molecule has 1 aliphatic heterocycles. The van der Waals surface area contributed by atoms with E-state index >= 15 is 0 Å². The van der Waals surface area contributed by atoms with Crippen LogP contribution in [0.3, 0.4) is 0 Å². The number of likely N-dealkylation sites (tertiary alicyclic amines) is 1. The maximum Gasteiger partial charge on any atom is 0.316 e. The van der Waals surface area contributed by atoms with Crippen LogP contribution < -0.4 is 0 Å². The van der Waals surface area contributed by atoms with Crippen molar-refractivity contribution < 1.29 is 4.79 Å². The SMILES string of the molecule is O=C(Cl)N1CCC(Cc2ccccc2)C1. The van der Waals surface area contributed by atoms with Gasteiger partial charge in [0.05, 0.1) is 0 Å². The molecular formula is C12H14ClNO. The largest absolute Gasteiger partial charge is 0.329 e. The van der Waals surface area contributed by atoms with Crippen molar-refractivity contribution in [2.45, 2.75) is 12.8 Å². The highest BCUT2D eigenvalue weighted by atomic mass is 35.5. The maximum absolute atomic E-state index is 10.9. The van der Waals surface area contributed by atoms with E-state index in [1.165, 1.54) is 5.56 Å². The lowest BCUT2D eigenvalue weighted by molar-refractivity contribution is 0.230. The number of carbonyl (C=O) groups is 1. The Bertz CT molecular complexity index is 339. The highest BCUT2D eigenvalue weighted by molar-refractivity contribution is 6.62. The van der Waals surface area contributed by atoms with E-state index in [4.69, 9.17) is 11.6 Å². The van der Waals surface area contributed by atoms with Crippen LogP contribution in [0.1, 0.15) is 12.0 Å². The van der Waals surface area contributed by atoms with E-state index < -0.39 is 0 Å². The van der Waals surface area contributed by atoms with Crippen molar-refractivity contribution in [2.24, 2.45) is 5.92 Å². The van der Waals surface area contributed by atoms with Gasteiger partial charge in [0.2, 0.25) is 0 Å². The summed E-state index contributed by atoms with van der Waals surface area (Å²) in [6, 6.07) is 10.4. The first-order valence-electron chi connectivity index (χ1n) is 5.24. The minimum Gasteiger partial charge on any atom is -0.329 e. The molecule has 0 aliphatic carbocycles. The average Bonchev–Trinajstić information content (AvgIpc) is 2.68. The number of nitrogens with zero attached hydrogens (tertiary/aromatic N) is 1. The van der Waals surface area contributed by atoms with E-state index in [1.807, 2.05) is 6.07 Å². The molecule has 0 saturated carbocycles. The Labute approximate surface area is 94.8 Å². The molecule has 0 radical (unpaired) electrons. The van der Waals surface area contributed by atoms with Crippen LogP contribution in [0.2, 0.25) is 0 Å². The maximum atomic E-state index is 10.9. The molecule has 0 N–H and O–H groups in total. The van der Waals surface area contributed by atoms with Gasteiger partial charge in [0.15, 0.2) is 0 Å². The molecule has 0 spiro atoms. The smallest absolute Gasteiger partial charge is 0.316 e. The van der Waals surface area contributed by atoms with Crippen LogP contribution >= 0.6 is 11.6 Å². The lowest BCUT2D eigenvalue weighted by atomic mass is 9.99. The summed E-state index contributed by atoms with van der Waals surface area (Å²) < 4.78 is 0. The molecule has 1 fully saturated rings. The third-order valence-electron chi connectivity index (χ3n) is 2.90. The third kappa shape index (κ3) is 2.72. The highest BCUT2D eigenvalue weighted by Gasteiger charge is 2.24. The summed E-state index contributed by atoms with van der Waals surface area (Å²) in [6.45, 7) is 1.61. The molecule has 1 amide bonds. The standard InChI is InChI=1S/C12H14ClNO/c13-12(15)14-7-6-11(9-14)8-10-4-2-1-3-5-10/h1-5,11H,6-9H2. The number of hydrogen-bond donors (Lipinski definition) is 0. The van der Waals surface area contributed by atoms with Crippen molar-refractivity contribution in [2.75, 3.05) is 13.1 Å². The van der Waals surface area contributed by atoms with Crippen LogP contribution in [0.15, 0.2) is 30.3 Å². The summed E-state index contributed by atoms with van der Waals surface area (Å²) in [5, 5.41) is -0.314. The first-order chi connectivity index (χ1) is 7.25. The Morgan fingerprint density at radius 2 is 2.13 bits per heavy atom. The van der Waals surface area contributed by atoms with Gasteiger partial charge in [0.1, 0.15) is 0 Å². The van der Waals surface area contributed by atoms with Gasteiger partial charge in [-0.25, -0.2) is 0 Å². The molecule has 1 aromatic rings. The molecule has 1 atom stereocenters. The van der Waals surface area contributed by atoms with Crippen molar-refractivity contribution in [1.82, 2.24) is 4.90 Å². The lowest BCUT2D eigenvalue weighted by Gasteiger charge is -2.12. The number of hydrogen-bond acceptors (Lipinski definition) is 1. The zero-order valence-electron chi connectivity index (χ0n) is 8.53. The Kier molecular flexibility index (Phi) is 3.27. The van der Waals surface area contributed by atoms with Gasteiger partial charge in [-0.1, -0.05) is 30.3 Å². The molecule has 0 aromatic heterocycles. The monoisotopic (exact) mass is 223 g/mol. The number of benzene rings is 1. The Balaban J connectivity index is 1.90. The predicted molar refractivity (Wildman–Crippen MR) is 61.1 cm³/mol. The predicted octanol–water partition coefficient (Wildman–Crippen LogP) is 2.91. The summed E-state index contributed by atoms with van der Waals surface area (Å²) in [6.07, 6.45) is 2.11. The van der Waals surface area contributed by atoms with Gasteiger partial charge in [-0.15, -0.1) is 0 Å². The van der Waals surface area contributed by atoms with Crippen molar-refractivity contribution in [3.63, 3.8) is 0 Å². The van der Waals surface area contributed by atoms with E-state index in [9.17, 15) is 4.79 Å². The van der Waals surface area contributed by atoms with Gasteiger partial charge >= 0.3 is 5.37 Å². The summed E-state index contributed by atoms with van der Waals surface area (Å²) in [5.41, 5.74) is 1.34. The molecule has 2 nitrogen and oxygen atoms in total. The van der Waals surface area contributed by atoms with Gasteiger partial charge in [0.25, 0.3) is 0 Å². The van der Waals surface area contributed by atoms with Crippen LogP contribution in [0.25, 0.3) is 0 Å². The second kappa shape index (κ2) is 4.67. The zero-order valence-corrected chi connectivity index (χ0v) is 9.28. The Morgan fingerprint density at radius 3 is 2.73 bits per heavy atom. The fourth-order valence-corrected chi connectivity index (χ4v) is 2.26. The van der Waals surface area contributed by atoms with Crippen molar-refractivity contribution >= 4 is 17.0 Å². The van der Waals surface area contributed by atoms with Gasteiger partial charge in [-0.05, 0) is 35.9 Å². The number of carbonyl (C=O) groups excluding carboxylic acids is 1. The van der Waals surface area contributed by atoms with E-state index in [0.717, 1.165) is 25.9 Å². The summed E-state index contributed by atoms with van der Waals surface area (Å²) in [4.78, 5) is 12.7. The normalized spacial score (nSPS) is 20.6. The molecule has 2 rings (SSSR count). The summed E-state index contributed by atoms with van der Waals surface area (Å²) >= 11 is 5.44. The average molecular weight is 224 g/mol. The van der Waals surface area contributed by atoms with Crippen LogP contribution in [0.5, 0.6) is 0 Å². The van der Waals surface area contributed by atoms with Gasteiger partial charge in [-0.2, -0.15) is 0 Å². The number of amides is 1. The molecule has 1 aliphatic rings. The fraction of sp³-hybridized carbons (Fsp3) is 0.417. The first kappa shape index (κ1) is 10.5. The van der Waals surface area contributed by atoms with Gasteiger partial charge in [0, 0.05) is 13.1 Å². The van der Waals surface area contributed by atoms with Crippen LogP contribution in [-0.4, -0.2) is 23.4 Å². The second-order valence-electron chi connectivity index (χ2n) is 4.04. The van der Waals surface area contributed by atoms with Crippen molar-refractivity contribution in [3.8, 4) is 0 Å². The minimum absolute atomic E-state index is 0.314. The highest BCUT2D eigenvalue weighted by Crippen LogP contribution is 2.21. The third-order valence-corrected chi connectivity index (χ3v) is 3.14. The van der Waals surface area contributed by atoms with Gasteiger partial charge in [-0.3, -0.25) is 4.79 Å². The van der Waals surface area contributed by atoms with E-state index in [1.54, 1.807) is 4.90 Å². The first-order valence-corrected chi connectivity index (χ1v) is 5.62. The molecular weight excluding hydrogens is 210 g/mol. The number of halogens is 1. The topological polar surface area (TPSA) is 20.3 Å². The molecule has 3 heteroatoms.